The molecule has 3 aromatic rings. The number of hydrogen-bond donors (Lipinski definition) is 1. The fraction of sp³-hybridized carbons (Fsp3) is 0.348. The van der Waals surface area contributed by atoms with Crippen LogP contribution in [0.3, 0.4) is 0 Å². The van der Waals surface area contributed by atoms with E-state index in [4.69, 9.17) is 22.1 Å². The van der Waals surface area contributed by atoms with E-state index in [1.807, 2.05) is 35.2 Å². The fourth-order valence-corrected chi connectivity index (χ4v) is 4.95. The van der Waals surface area contributed by atoms with Crippen molar-refractivity contribution in [1.29, 1.82) is 0 Å². The topological polar surface area (TPSA) is 84.6 Å². The van der Waals surface area contributed by atoms with Gasteiger partial charge < -0.3 is 15.4 Å². The molecule has 168 valence electrons. The number of rotatable bonds is 8. The Balaban J connectivity index is 1.45. The van der Waals surface area contributed by atoms with E-state index in [1.54, 1.807) is 18.4 Å². The molecular weight excluding hydrogens is 446 g/mol. The molecule has 0 radical (unpaired) electrons. The number of nitrogens with two attached hydrogens (primary N) is 1. The summed E-state index contributed by atoms with van der Waals surface area (Å²) in [6, 6.07) is 9.57. The van der Waals surface area contributed by atoms with Crippen LogP contribution in [0.4, 0.5) is 5.82 Å². The van der Waals surface area contributed by atoms with E-state index in [9.17, 15) is 4.79 Å². The average molecular weight is 472 g/mol. The highest BCUT2D eigenvalue weighted by Gasteiger charge is 2.33. The maximum absolute atomic E-state index is 13.3. The summed E-state index contributed by atoms with van der Waals surface area (Å²) >= 11 is 7.55. The van der Waals surface area contributed by atoms with Crippen LogP contribution in [-0.2, 0) is 16.1 Å². The molecule has 32 heavy (non-hydrogen) atoms. The molecule has 1 aromatic carbocycles. The predicted octanol–water partition coefficient (Wildman–Crippen LogP) is 3.69. The van der Waals surface area contributed by atoms with Crippen LogP contribution in [0.1, 0.15) is 16.9 Å². The number of aromatic nitrogens is 2. The summed E-state index contributed by atoms with van der Waals surface area (Å²) in [6.07, 6.45) is 6.28. The van der Waals surface area contributed by atoms with E-state index in [-0.39, 0.29) is 11.9 Å². The Bertz CT molecular complexity index is 1120. The first-order chi connectivity index (χ1) is 15.5. The number of thiophene rings is 1. The standard InChI is InChI=1S/C23H26ClN5O2S/c1-31-12-8-20-23(30)29(11-10-28(20)9-2-3-17-5-7-21(24)32-17)14-16-4-6-18-19(13-16)26-15-27-22(18)25/h2-7,13,15,20H,8-12,14H2,1H3,(H2,25,26,27)/t20-/m0/s1. The van der Waals surface area contributed by atoms with Gasteiger partial charge in [-0.3, -0.25) is 9.69 Å². The lowest BCUT2D eigenvalue weighted by atomic mass is 10.1. The first-order valence-corrected chi connectivity index (χ1v) is 11.7. The van der Waals surface area contributed by atoms with E-state index < -0.39 is 0 Å². The number of hydrogen-bond acceptors (Lipinski definition) is 7. The smallest absolute Gasteiger partial charge is 0.240 e. The van der Waals surface area contributed by atoms with Gasteiger partial charge in [-0.2, -0.15) is 0 Å². The SMILES string of the molecule is COCC[C@H]1C(=O)N(Cc2ccc3c(N)ncnc3c2)CCN1CC=Cc1ccc(Cl)s1. The highest BCUT2D eigenvalue weighted by molar-refractivity contribution is 7.16. The molecule has 1 aliphatic heterocycles. The fourth-order valence-electron chi connectivity index (χ4n) is 3.96. The number of benzene rings is 1. The molecule has 1 amide bonds. The number of amides is 1. The lowest BCUT2D eigenvalue weighted by molar-refractivity contribution is -0.143. The minimum Gasteiger partial charge on any atom is -0.385 e. The van der Waals surface area contributed by atoms with Crippen LogP contribution >= 0.6 is 22.9 Å². The van der Waals surface area contributed by atoms with E-state index in [2.05, 4.69) is 27.0 Å². The molecular formula is C23H26ClN5O2S. The molecule has 2 aromatic heterocycles. The van der Waals surface area contributed by atoms with Crippen molar-refractivity contribution in [3.63, 3.8) is 0 Å². The Kier molecular flexibility index (Phi) is 7.36. The minimum absolute atomic E-state index is 0.128. The summed E-state index contributed by atoms with van der Waals surface area (Å²) in [5.41, 5.74) is 7.74. The number of methoxy groups -OCH3 is 1. The van der Waals surface area contributed by atoms with Crippen LogP contribution in [0.2, 0.25) is 4.34 Å². The summed E-state index contributed by atoms with van der Waals surface area (Å²) in [4.78, 5) is 26.9. The van der Waals surface area contributed by atoms with Gasteiger partial charge in [0.05, 0.1) is 15.9 Å². The number of carbonyl (C=O) groups excluding carboxylic acids is 1. The number of ether oxygens (including phenoxy) is 1. The molecule has 7 nitrogen and oxygen atoms in total. The lowest BCUT2D eigenvalue weighted by Crippen LogP contribution is -2.56. The normalized spacial score (nSPS) is 17.6. The Hall–Kier alpha value is -2.52. The first kappa shape index (κ1) is 22.7. The van der Waals surface area contributed by atoms with Crippen LogP contribution in [0.5, 0.6) is 0 Å². The Morgan fingerprint density at radius 3 is 2.94 bits per heavy atom. The summed E-state index contributed by atoms with van der Waals surface area (Å²) in [6.45, 7) is 3.26. The summed E-state index contributed by atoms with van der Waals surface area (Å²) in [7, 11) is 1.67. The second-order valence-corrected chi connectivity index (χ2v) is 9.45. The number of halogens is 1. The van der Waals surface area contributed by atoms with Crippen LogP contribution in [0.25, 0.3) is 17.0 Å². The highest BCUT2D eigenvalue weighted by atomic mass is 35.5. The number of fused-ring (bicyclic) bond motifs is 1. The summed E-state index contributed by atoms with van der Waals surface area (Å²) in [5, 5.41) is 0.823. The summed E-state index contributed by atoms with van der Waals surface area (Å²) in [5.74, 6) is 0.590. The number of nitrogens with zero attached hydrogens (tertiary/aromatic N) is 4. The van der Waals surface area contributed by atoms with Crippen molar-refractivity contribution in [1.82, 2.24) is 19.8 Å². The van der Waals surface area contributed by atoms with Gasteiger partial charge in [-0.05, 0) is 42.3 Å². The number of anilines is 1. The molecule has 1 aliphatic rings. The largest absolute Gasteiger partial charge is 0.385 e. The number of piperazine rings is 1. The van der Waals surface area contributed by atoms with Gasteiger partial charge >= 0.3 is 0 Å². The molecule has 2 N–H and O–H groups in total. The maximum Gasteiger partial charge on any atom is 0.240 e. The van der Waals surface area contributed by atoms with Crippen LogP contribution in [0.15, 0.2) is 42.7 Å². The van der Waals surface area contributed by atoms with Crippen LogP contribution in [-0.4, -0.2) is 65.1 Å². The molecule has 0 spiro atoms. The maximum atomic E-state index is 13.3. The van der Waals surface area contributed by atoms with Gasteiger partial charge in [0.25, 0.3) is 0 Å². The van der Waals surface area contributed by atoms with Crippen LogP contribution in [0, 0.1) is 0 Å². The third kappa shape index (κ3) is 5.27. The van der Waals surface area contributed by atoms with Gasteiger partial charge in [-0.15, -0.1) is 11.3 Å². The van der Waals surface area contributed by atoms with Gasteiger partial charge in [0, 0.05) is 50.2 Å². The molecule has 1 fully saturated rings. The zero-order chi connectivity index (χ0) is 22.5. The molecule has 0 bridgehead atoms. The minimum atomic E-state index is -0.210. The zero-order valence-electron chi connectivity index (χ0n) is 17.9. The second-order valence-electron chi connectivity index (χ2n) is 7.71. The number of nitrogen functional groups attached to an aromatic ring is 1. The van der Waals surface area contributed by atoms with Crippen molar-refractivity contribution in [2.24, 2.45) is 0 Å². The van der Waals surface area contributed by atoms with Gasteiger partial charge in [0.2, 0.25) is 5.91 Å². The summed E-state index contributed by atoms with van der Waals surface area (Å²) < 4.78 is 6.05. The van der Waals surface area contributed by atoms with Crippen molar-refractivity contribution in [2.75, 3.05) is 39.1 Å². The lowest BCUT2D eigenvalue weighted by Gasteiger charge is -2.40. The van der Waals surface area contributed by atoms with E-state index in [1.165, 1.54) is 6.33 Å². The van der Waals surface area contributed by atoms with Crippen molar-refractivity contribution in [3.8, 4) is 0 Å². The second kappa shape index (κ2) is 10.4. The van der Waals surface area contributed by atoms with Gasteiger partial charge in [-0.25, -0.2) is 9.97 Å². The van der Waals surface area contributed by atoms with E-state index in [0.29, 0.717) is 38.5 Å². The van der Waals surface area contributed by atoms with Crippen molar-refractivity contribution in [3.05, 3.63) is 57.5 Å². The Morgan fingerprint density at radius 2 is 2.16 bits per heavy atom. The molecule has 4 rings (SSSR count). The quantitative estimate of drug-likeness (QED) is 0.539. The Morgan fingerprint density at radius 1 is 1.28 bits per heavy atom. The number of carbonyl (C=O) groups is 1. The van der Waals surface area contributed by atoms with Gasteiger partial charge in [0.1, 0.15) is 12.1 Å². The van der Waals surface area contributed by atoms with E-state index in [0.717, 1.165) is 32.2 Å². The molecule has 3 heterocycles. The molecule has 9 heteroatoms. The zero-order valence-corrected chi connectivity index (χ0v) is 19.5. The highest BCUT2D eigenvalue weighted by Crippen LogP contribution is 2.24. The molecule has 0 saturated carbocycles. The van der Waals surface area contributed by atoms with E-state index >= 15 is 0 Å². The van der Waals surface area contributed by atoms with Gasteiger partial charge in [0.15, 0.2) is 0 Å². The predicted molar refractivity (Wildman–Crippen MR) is 130 cm³/mol. The molecule has 1 saturated heterocycles. The van der Waals surface area contributed by atoms with Crippen molar-refractivity contribution in [2.45, 2.75) is 19.0 Å². The average Bonchev–Trinajstić information content (AvgIpc) is 3.20. The third-order valence-corrected chi connectivity index (χ3v) is 6.81. The van der Waals surface area contributed by atoms with Gasteiger partial charge in [-0.1, -0.05) is 23.7 Å². The first-order valence-electron chi connectivity index (χ1n) is 10.5. The monoisotopic (exact) mass is 471 g/mol. The van der Waals surface area contributed by atoms with Crippen molar-refractivity contribution >= 4 is 51.6 Å². The molecule has 0 unspecified atom stereocenters. The van der Waals surface area contributed by atoms with Crippen LogP contribution < -0.4 is 5.73 Å². The molecule has 1 atom stereocenters. The van der Waals surface area contributed by atoms with Crippen molar-refractivity contribution < 1.29 is 9.53 Å². The molecule has 0 aliphatic carbocycles. The Labute approximate surface area is 196 Å². The third-order valence-electron chi connectivity index (χ3n) is 5.61.